The zero-order chi connectivity index (χ0) is 14.4. The van der Waals surface area contributed by atoms with Crippen LogP contribution in [0.25, 0.3) is 0 Å². The molecular formula is C14H21ClN4O2. The number of amides is 3. The molecule has 0 aromatic heterocycles. The second-order valence-electron chi connectivity index (χ2n) is 4.88. The molecule has 1 heterocycles. The van der Waals surface area contributed by atoms with E-state index in [1.807, 2.05) is 18.2 Å². The first-order chi connectivity index (χ1) is 9.65. The first-order valence-corrected chi connectivity index (χ1v) is 6.79. The van der Waals surface area contributed by atoms with Crippen molar-refractivity contribution >= 4 is 30.0 Å². The second-order valence-corrected chi connectivity index (χ2v) is 4.88. The van der Waals surface area contributed by atoms with Gasteiger partial charge in [0, 0.05) is 18.3 Å². The molecule has 4 N–H and O–H groups in total. The number of hydrogen-bond acceptors (Lipinski definition) is 3. The van der Waals surface area contributed by atoms with Crippen molar-refractivity contribution in [3.05, 3.63) is 30.3 Å². The molecule has 21 heavy (non-hydrogen) atoms. The predicted octanol–water partition coefficient (Wildman–Crippen LogP) is 1.10. The quantitative estimate of drug-likeness (QED) is 0.672. The van der Waals surface area contributed by atoms with Gasteiger partial charge in [-0.15, -0.1) is 12.4 Å². The van der Waals surface area contributed by atoms with Gasteiger partial charge in [-0.3, -0.25) is 4.79 Å². The van der Waals surface area contributed by atoms with E-state index in [1.165, 1.54) is 0 Å². The van der Waals surface area contributed by atoms with E-state index in [1.54, 1.807) is 19.1 Å². The van der Waals surface area contributed by atoms with E-state index in [9.17, 15) is 9.59 Å². The molecular weight excluding hydrogens is 292 g/mol. The molecule has 1 aromatic carbocycles. The summed E-state index contributed by atoms with van der Waals surface area (Å²) in [5.41, 5.74) is 0.692. The number of rotatable bonds is 4. The van der Waals surface area contributed by atoms with Crippen LogP contribution in [0.2, 0.25) is 0 Å². The highest BCUT2D eigenvalue weighted by molar-refractivity contribution is 5.93. The Labute approximate surface area is 130 Å². The summed E-state index contributed by atoms with van der Waals surface area (Å²) in [6.07, 6.45) is 0.925. The van der Waals surface area contributed by atoms with Crippen LogP contribution in [0.4, 0.5) is 10.5 Å². The average Bonchev–Trinajstić information content (AvgIpc) is 2.92. The third-order valence-corrected chi connectivity index (χ3v) is 3.18. The minimum Gasteiger partial charge on any atom is -0.350 e. The van der Waals surface area contributed by atoms with E-state index in [0.29, 0.717) is 5.69 Å². The third-order valence-electron chi connectivity index (χ3n) is 3.18. The molecule has 0 saturated carbocycles. The Morgan fingerprint density at radius 3 is 2.62 bits per heavy atom. The Balaban J connectivity index is 0.00000220. The van der Waals surface area contributed by atoms with Gasteiger partial charge < -0.3 is 21.3 Å². The van der Waals surface area contributed by atoms with Crippen molar-refractivity contribution < 1.29 is 9.59 Å². The van der Waals surface area contributed by atoms with Crippen LogP contribution in [-0.4, -0.2) is 37.1 Å². The van der Waals surface area contributed by atoms with Crippen LogP contribution in [-0.2, 0) is 4.79 Å². The zero-order valence-corrected chi connectivity index (χ0v) is 12.7. The summed E-state index contributed by atoms with van der Waals surface area (Å²) >= 11 is 0. The molecule has 2 rings (SSSR count). The summed E-state index contributed by atoms with van der Waals surface area (Å²) in [6, 6.07) is 8.31. The first kappa shape index (κ1) is 17.3. The number of hydrogen-bond donors (Lipinski definition) is 4. The lowest BCUT2D eigenvalue weighted by atomic mass is 10.2. The molecule has 0 radical (unpaired) electrons. The lowest BCUT2D eigenvalue weighted by molar-refractivity contribution is -0.123. The monoisotopic (exact) mass is 312 g/mol. The minimum atomic E-state index is -0.570. The fraction of sp³-hybridized carbons (Fsp3) is 0.429. The normalized spacial score (nSPS) is 18.2. The summed E-state index contributed by atoms with van der Waals surface area (Å²) < 4.78 is 0. The number of para-hydroxylation sites is 1. The molecule has 7 heteroatoms. The molecule has 0 bridgehead atoms. The van der Waals surface area contributed by atoms with Crippen molar-refractivity contribution in [1.82, 2.24) is 16.0 Å². The number of nitrogens with one attached hydrogen (secondary N) is 4. The van der Waals surface area contributed by atoms with E-state index in [4.69, 9.17) is 0 Å². The van der Waals surface area contributed by atoms with Gasteiger partial charge in [0.15, 0.2) is 0 Å². The van der Waals surface area contributed by atoms with Crippen LogP contribution in [0.15, 0.2) is 30.3 Å². The Morgan fingerprint density at radius 2 is 2.00 bits per heavy atom. The minimum absolute atomic E-state index is 0. The highest BCUT2D eigenvalue weighted by atomic mass is 35.5. The van der Waals surface area contributed by atoms with Crippen LogP contribution in [0.3, 0.4) is 0 Å². The Morgan fingerprint density at radius 1 is 1.29 bits per heavy atom. The highest BCUT2D eigenvalue weighted by Crippen LogP contribution is 2.04. The van der Waals surface area contributed by atoms with Gasteiger partial charge >= 0.3 is 6.03 Å². The molecule has 6 nitrogen and oxygen atoms in total. The molecule has 1 aliphatic rings. The van der Waals surface area contributed by atoms with Gasteiger partial charge in [0.1, 0.15) is 6.04 Å². The summed E-state index contributed by atoms with van der Waals surface area (Å²) in [5.74, 6) is -0.165. The average molecular weight is 313 g/mol. The van der Waals surface area contributed by atoms with Crippen molar-refractivity contribution in [1.29, 1.82) is 0 Å². The summed E-state index contributed by atoms with van der Waals surface area (Å²) in [6.45, 7) is 3.37. The maximum atomic E-state index is 11.9. The molecule has 1 saturated heterocycles. The van der Waals surface area contributed by atoms with E-state index in [0.717, 1.165) is 19.5 Å². The van der Waals surface area contributed by atoms with Crippen molar-refractivity contribution in [2.75, 3.05) is 18.4 Å². The van der Waals surface area contributed by atoms with Gasteiger partial charge in [-0.25, -0.2) is 4.79 Å². The van der Waals surface area contributed by atoms with Crippen molar-refractivity contribution in [2.45, 2.75) is 25.4 Å². The number of halogens is 1. The summed E-state index contributed by atoms with van der Waals surface area (Å²) in [7, 11) is 0. The van der Waals surface area contributed by atoms with Crippen LogP contribution in [0.5, 0.6) is 0 Å². The largest absolute Gasteiger partial charge is 0.350 e. The van der Waals surface area contributed by atoms with Crippen molar-refractivity contribution in [3.8, 4) is 0 Å². The van der Waals surface area contributed by atoms with Crippen molar-refractivity contribution in [2.24, 2.45) is 0 Å². The maximum absolute atomic E-state index is 11.9. The summed E-state index contributed by atoms with van der Waals surface area (Å²) in [5, 5.41) is 11.4. The van der Waals surface area contributed by atoms with Gasteiger partial charge in [-0.05, 0) is 32.0 Å². The standard InChI is InChI=1S/C14H20N4O2.ClH/c1-10(13(19)17-12-7-8-15-9-12)16-14(20)18-11-5-3-2-4-6-11;/h2-6,10,12,15H,7-9H2,1H3,(H,17,19)(H2,16,18,20);1H. The molecule has 3 amide bonds. The molecule has 1 fully saturated rings. The van der Waals surface area contributed by atoms with Gasteiger partial charge in [0.2, 0.25) is 5.91 Å². The topological polar surface area (TPSA) is 82.3 Å². The smallest absolute Gasteiger partial charge is 0.319 e. The maximum Gasteiger partial charge on any atom is 0.319 e. The van der Waals surface area contributed by atoms with E-state index >= 15 is 0 Å². The van der Waals surface area contributed by atoms with Crippen LogP contribution in [0, 0.1) is 0 Å². The predicted molar refractivity (Wildman–Crippen MR) is 84.7 cm³/mol. The number of anilines is 1. The number of benzene rings is 1. The zero-order valence-electron chi connectivity index (χ0n) is 11.9. The van der Waals surface area contributed by atoms with E-state index in [2.05, 4.69) is 21.3 Å². The second kappa shape index (κ2) is 8.49. The fourth-order valence-electron chi connectivity index (χ4n) is 2.05. The Kier molecular flexibility index (Phi) is 6.98. The molecule has 116 valence electrons. The number of urea groups is 1. The fourth-order valence-corrected chi connectivity index (χ4v) is 2.05. The van der Waals surface area contributed by atoms with E-state index in [-0.39, 0.29) is 30.4 Å². The number of carbonyl (C=O) groups excluding carboxylic acids is 2. The highest BCUT2D eigenvalue weighted by Gasteiger charge is 2.21. The molecule has 2 unspecified atom stereocenters. The van der Waals surface area contributed by atoms with Crippen LogP contribution < -0.4 is 21.3 Å². The lowest BCUT2D eigenvalue weighted by Crippen LogP contribution is -2.49. The SMILES string of the molecule is CC(NC(=O)Nc1ccccc1)C(=O)NC1CCNC1.Cl. The lowest BCUT2D eigenvalue weighted by Gasteiger charge is -2.17. The third kappa shape index (κ3) is 5.61. The van der Waals surface area contributed by atoms with E-state index < -0.39 is 6.04 Å². The van der Waals surface area contributed by atoms with Gasteiger partial charge in [-0.2, -0.15) is 0 Å². The molecule has 1 aliphatic heterocycles. The molecule has 1 aromatic rings. The first-order valence-electron chi connectivity index (χ1n) is 6.79. The molecule has 2 atom stereocenters. The Bertz CT molecular complexity index is 463. The summed E-state index contributed by atoms with van der Waals surface area (Å²) in [4.78, 5) is 23.7. The van der Waals surface area contributed by atoms with Gasteiger partial charge in [-0.1, -0.05) is 18.2 Å². The number of carbonyl (C=O) groups is 2. The van der Waals surface area contributed by atoms with Gasteiger partial charge in [0.05, 0.1) is 0 Å². The van der Waals surface area contributed by atoms with Crippen LogP contribution >= 0.6 is 12.4 Å². The van der Waals surface area contributed by atoms with Gasteiger partial charge in [0.25, 0.3) is 0 Å². The molecule has 0 spiro atoms. The Hall–Kier alpha value is -1.79. The molecule has 0 aliphatic carbocycles. The van der Waals surface area contributed by atoms with Crippen LogP contribution in [0.1, 0.15) is 13.3 Å². The van der Waals surface area contributed by atoms with Crippen molar-refractivity contribution in [3.63, 3.8) is 0 Å².